The second-order valence-electron chi connectivity index (χ2n) is 5.07. The Morgan fingerprint density at radius 1 is 1.38 bits per heavy atom. The number of piperidine rings is 1. The third-order valence-electron chi connectivity index (χ3n) is 3.74. The van der Waals surface area contributed by atoms with E-state index in [0.717, 1.165) is 25.8 Å². The highest BCUT2D eigenvalue weighted by molar-refractivity contribution is 5.93. The molecule has 7 heteroatoms. The quantitative estimate of drug-likeness (QED) is 0.849. The number of methoxy groups -OCH3 is 2. The molecule has 1 aromatic heterocycles. The van der Waals surface area contributed by atoms with E-state index in [-0.39, 0.29) is 17.9 Å². The molecule has 7 nitrogen and oxygen atoms in total. The first-order valence-corrected chi connectivity index (χ1v) is 7.17. The normalized spacial score (nSPS) is 21.7. The summed E-state index contributed by atoms with van der Waals surface area (Å²) in [4.78, 5) is 20.5. The lowest BCUT2D eigenvalue weighted by Gasteiger charge is -2.28. The lowest BCUT2D eigenvalue weighted by atomic mass is 9.90. The number of carbonyl (C=O) groups is 1. The Morgan fingerprint density at radius 3 is 2.62 bits per heavy atom. The molecule has 1 aliphatic heterocycles. The van der Waals surface area contributed by atoms with Crippen molar-refractivity contribution in [2.75, 3.05) is 26.1 Å². The molecule has 21 heavy (non-hydrogen) atoms. The molecule has 116 valence electrons. The maximum Gasteiger partial charge on any atom is 0.243 e. The number of aromatic nitrogens is 2. The highest BCUT2D eigenvalue weighted by atomic mass is 16.5. The monoisotopic (exact) mass is 294 g/mol. The van der Waals surface area contributed by atoms with Gasteiger partial charge in [0.2, 0.25) is 23.6 Å². The Hall–Kier alpha value is -1.89. The summed E-state index contributed by atoms with van der Waals surface area (Å²) in [5, 5.41) is 5.95. The van der Waals surface area contributed by atoms with Crippen molar-refractivity contribution >= 4 is 11.9 Å². The minimum Gasteiger partial charge on any atom is -0.481 e. The first-order chi connectivity index (χ1) is 10.2. The number of carbonyl (C=O) groups excluding carboxylic acids is 1. The molecule has 2 N–H and O–H groups in total. The average molecular weight is 294 g/mol. The van der Waals surface area contributed by atoms with Gasteiger partial charge in [-0.15, -0.1) is 0 Å². The largest absolute Gasteiger partial charge is 0.481 e. The average Bonchev–Trinajstić information content (AvgIpc) is 2.54. The number of rotatable bonds is 5. The summed E-state index contributed by atoms with van der Waals surface area (Å²) in [6, 6.07) is 1.35. The van der Waals surface area contributed by atoms with Gasteiger partial charge in [0.15, 0.2) is 0 Å². The minimum absolute atomic E-state index is 0.122. The Balaban J connectivity index is 2.05. The smallest absolute Gasteiger partial charge is 0.243 e. The number of amides is 1. The van der Waals surface area contributed by atoms with Gasteiger partial charge in [-0.25, -0.2) is 0 Å². The van der Waals surface area contributed by atoms with Crippen molar-refractivity contribution in [1.82, 2.24) is 15.3 Å². The Kier molecular flexibility index (Phi) is 5.32. The molecule has 0 radical (unpaired) electrons. The number of hydrogen-bond acceptors (Lipinski definition) is 6. The van der Waals surface area contributed by atoms with E-state index in [4.69, 9.17) is 9.47 Å². The van der Waals surface area contributed by atoms with Crippen LogP contribution >= 0.6 is 0 Å². The van der Waals surface area contributed by atoms with Gasteiger partial charge in [-0.05, 0) is 25.3 Å². The van der Waals surface area contributed by atoms with E-state index in [9.17, 15) is 4.79 Å². The van der Waals surface area contributed by atoms with Gasteiger partial charge in [-0.3, -0.25) is 10.1 Å². The molecule has 1 aliphatic rings. The van der Waals surface area contributed by atoms with Gasteiger partial charge in [0.25, 0.3) is 0 Å². The molecular formula is C14H22N4O3. The predicted octanol–water partition coefficient (Wildman–Crippen LogP) is 1.21. The molecule has 2 unspecified atom stereocenters. The molecule has 0 aromatic carbocycles. The van der Waals surface area contributed by atoms with E-state index < -0.39 is 0 Å². The zero-order valence-corrected chi connectivity index (χ0v) is 12.7. The van der Waals surface area contributed by atoms with Crippen LogP contribution in [0, 0.1) is 5.92 Å². The molecule has 1 aromatic rings. The number of hydrogen-bond donors (Lipinski definition) is 2. The van der Waals surface area contributed by atoms with Crippen molar-refractivity contribution in [3.05, 3.63) is 6.07 Å². The second-order valence-corrected chi connectivity index (χ2v) is 5.07. The second kappa shape index (κ2) is 7.21. The van der Waals surface area contributed by atoms with Crippen LogP contribution in [0.25, 0.3) is 0 Å². The van der Waals surface area contributed by atoms with Crippen molar-refractivity contribution in [1.29, 1.82) is 0 Å². The van der Waals surface area contributed by atoms with Crippen LogP contribution in [0.5, 0.6) is 11.8 Å². The van der Waals surface area contributed by atoms with Crippen LogP contribution in [0.15, 0.2) is 6.07 Å². The highest BCUT2D eigenvalue weighted by Crippen LogP contribution is 2.21. The van der Waals surface area contributed by atoms with Crippen LogP contribution in [0.3, 0.4) is 0 Å². The standard InChI is InChI=1S/C14H22N4O3/c1-4-9-5-6-15-10(7-9)13(19)18-14-16-11(20-2)8-12(17-14)21-3/h8-10,15H,4-7H2,1-3H3,(H,16,17,18,19). The topological polar surface area (TPSA) is 85.4 Å². The van der Waals surface area contributed by atoms with Gasteiger partial charge in [0.05, 0.1) is 26.3 Å². The van der Waals surface area contributed by atoms with Crippen LogP contribution in [0.1, 0.15) is 26.2 Å². The minimum atomic E-state index is -0.204. The molecule has 1 saturated heterocycles. The van der Waals surface area contributed by atoms with E-state index in [2.05, 4.69) is 27.5 Å². The van der Waals surface area contributed by atoms with Gasteiger partial charge in [0, 0.05) is 0 Å². The summed E-state index contributed by atoms with van der Waals surface area (Å²) in [6.07, 6.45) is 3.04. The summed E-state index contributed by atoms with van der Waals surface area (Å²) in [5.41, 5.74) is 0. The summed E-state index contributed by atoms with van der Waals surface area (Å²) in [7, 11) is 3.00. The molecule has 1 fully saturated rings. The van der Waals surface area contributed by atoms with Gasteiger partial charge >= 0.3 is 0 Å². The molecule has 0 bridgehead atoms. The zero-order chi connectivity index (χ0) is 15.2. The van der Waals surface area contributed by atoms with Crippen molar-refractivity contribution in [2.45, 2.75) is 32.2 Å². The number of nitrogens with zero attached hydrogens (tertiary/aromatic N) is 2. The predicted molar refractivity (Wildman–Crippen MR) is 78.6 cm³/mol. The molecule has 0 saturated carbocycles. The summed E-state index contributed by atoms with van der Waals surface area (Å²) < 4.78 is 10.1. The molecule has 0 aliphatic carbocycles. The van der Waals surface area contributed by atoms with Crippen molar-refractivity contribution in [2.24, 2.45) is 5.92 Å². The molecular weight excluding hydrogens is 272 g/mol. The van der Waals surface area contributed by atoms with Crippen molar-refractivity contribution < 1.29 is 14.3 Å². The van der Waals surface area contributed by atoms with E-state index >= 15 is 0 Å². The van der Waals surface area contributed by atoms with E-state index in [1.54, 1.807) is 6.07 Å². The Labute approximate surface area is 124 Å². The first-order valence-electron chi connectivity index (χ1n) is 7.17. The van der Waals surface area contributed by atoms with Crippen molar-refractivity contribution in [3.8, 4) is 11.8 Å². The maximum atomic E-state index is 12.3. The van der Waals surface area contributed by atoms with Gasteiger partial charge in [0.1, 0.15) is 0 Å². The van der Waals surface area contributed by atoms with Crippen LogP contribution in [-0.2, 0) is 4.79 Å². The molecule has 2 rings (SSSR count). The van der Waals surface area contributed by atoms with Crippen LogP contribution in [-0.4, -0.2) is 42.7 Å². The summed E-state index contributed by atoms with van der Waals surface area (Å²) in [5.74, 6) is 1.35. The Morgan fingerprint density at radius 2 is 2.05 bits per heavy atom. The van der Waals surface area contributed by atoms with Gasteiger partial charge in [-0.2, -0.15) is 9.97 Å². The van der Waals surface area contributed by atoms with Crippen molar-refractivity contribution in [3.63, 3.8) is 0 Å². The SMILES string of the molecule is CCC1CCNC(C(=O)Nc2nc(OC)cc(OC)n2)C1. The van der Waals surface area contributed by atoms with Gasteiger partial charge in [-0.1, -0.05) is 13.3 Å². The third-order valence-corrected chi connectivity index (χ3v) is 3.74. The van der Waals surface area contributed by atoms with E-state index in [1.807, 2.05) is 0 Å². The first kappa shape index (κ1) is 15.5. The summed E-state index contributed by atoms with van der Waals surface area (Å²) >= 11 is 0. The number of anilines is 1. The van der Waals surface area contributed by atoms with Crippen LogP contribution in [0.2, 0.25) is 0 Å². The van der Waals surface area contributed by atoms with Gasteiger partial charge < -0.3 is 14.8 Å². The molecule has 2 atom stereocenters. The highest BCUT2D eigenvalue weighted by Gasteiger charge is 2.26. The van der Waals surface area contributed by atoms with E-state index in [0.29, 0.717) is 17.7 Å². The number of ether oxygens (including phenoxy) is 2. The van der Waals surface area contributed by atoms with Crippen LogP contribution in [0.4, 0.5) is 5.95 Å². The Bertz CT molecular complexity index is 473. The molecule has 1 amide bonds. The molecule has 2 heterocycles. The zero-order valence-electron chi connectivity index (χ0n) is 12.7. The lowest BCUT2D eigenvalue weighted by molar-refractivity contribution is -0.119. The third kappa shape index (κ3) is 4.04. The van der Waals surface area contributed by atoms with Crippen LogP contribution < -0.4 is 20.1 Å². The maximum absolute atomic E-state index is 12.3. The fourth-order valence-electron chi connectivity index (χ4n) is 2.43. The molecule has 0 spiro atoms. The fraction of sp³-hybridized carbons (Fsp3) is 0.643. The lowest BCUT2D eigenvalue weighted by Crippen LogP contribution is -2.46. The number of nitrogens with one attached hydrogen (secondary N) is 2. The fourth-order valence-corrected chi connectivity index (χ4v) is 2.43. The van der Waals surface area contributed by atoms with E-state index in [1.165, 1.54) is 14.2 Å². The summed E-state index contributed by atoms with van der Waals surface area (Å²) in [6.45, 7) is 3.01.